The first kappa shape index (κ1) is 21.2. The fourth-order valence-corrected chi connectivity index (χ4v) is 2.73. The van der Waals surface area contributed by atoms with Gasteiger partial charge in [0.05, 0.1) is 30.0 Å². The normalized spacial score (nSPS) is 10.2. The summed E-state index contributed by atoms with van der Waals surface area (Å²) in [5, 5.41) is 12.5. The van der Waals surface area contributed by atoms with E-state index in [0.717, 1.165) is 5.56 Å². The summed E-state index contributed by atoms with van der Waals surface area (Å²) in [5.41, 5.74) is 6.51. The van der Waals surface area contributed by atoms with Gasteiger partial charge in [-0.05, 0) is 42.8 Å². The molecule has 0 aliphatic rings. The number of methoxy groups -OCH3 is 1. The van der Waals surface area contributed by atoms with E-state index in [2.05, 4.69) is 5.32 Å². The van der Waals surface area contributed by atoms with Crippen molar-refractivity contribution in [1.29, 1.82) is 0 Å². The molecule has 0 bridgehead atoms. The summed E-state index contributed by atoms with van der Waals surface area (Å²) in [7, 11) is 1.50. The van der Waals surface area contributed by atoms with E-state index in [1.54, 1.807) is 25.1 Å². The Balaban J connectivity index is 2.25. The summed E-state index contributed by atoms with van der Waals surface area (Å²) in [4.78, 5) is 22.2. The molecule has 2 aromatic carbocycles. The van der Waals surface area contributed by atoms with Crippen LogP contribution in [0.4, 0.5) is 5.69 Å². The van der Waals surface area contributed by atoms with E-state index in [9.17, 15) is 9.59 Å². The number of carbonyl (C=O) groups excluding carboxylic acids is 1. The minimum Gasteiger partial charge on any atom is -0.495 e. The second-order valence-corrected chi connectivity index (χ2v) is 6.07. The number of hydrogen-bond donors (Lipinski definition) is 3. The van der Waals surface area contributed by atoms with Gasteiger partial charge < -0.3 is 30.4 Å². The monoisotopic (exact) mass is 408 g/mol. The molecule has 0 aliphatic carbocycles. The van der Waals surface area contributed by atoms with Crippen LogP contribution in [0.3, 0.4) is 0 Å². The molecule has 0 saturated carbocycles. The fraction of sp³-hybridized carbons (Fsp3) is 0.263. The third-order valence-corrected chi connectivity index (χ3v) is 3.94. The van der Waals surface area contributed by atoms with Crippen LogP contribution in [-0.4, -0.2) is 37.3 Å². The average Bonchev–Trinajstić information content (AvgIpc) is 2.65. The quantitative estimate of drug-likeness (QED) is 0.552. The number of rotatable bonds is 10. The number of amides is 1. The van der Waals surface area contributed by atoms with Crippen LogP contribution in [0.2, 0.25) is 5.02 Å². The highest BCUT2D eigenvalue weighted by Crippen LogP contribution is 2.37. The number of nitrogens with one attached hydrogen (secondary N) is 1. The van der Waals surface area contributed by atoms with Crippen LogP contribution in [0.5, 0.6) is 17.2 Å². The van der Waals surface area contributed by atoms with Crippen LogP contribution in [0.25, 0.3) is 0 Å². The molecule has 0 fully saturated rings. The number of hydrogen-bond acceptors (Lipinski definition) is 6. The Morgan fingerprint density at radius 2 is 1.93 bits per heavy atom. The van der Waals surface area contributed by atoms with E-state index in [1.807, 2.05) is 0 Å². The van der Waals surface area contributed by atoms with Crippen LogP contribution in [0.15, 0.2) is 30.3 Å². The molecular formula is C19H21ClN2O6. The predicted octanol–water partition coefficient (Wildman–Crippen LogP) is 2.92. The van der Waals surface area contributed by atoms with E-state index in [-0.39, 0.29) is 22.9 Å². The number of benzene rings is 2. The molecule has 28 heavy (non-hydrogen) atoms. The molecule has 9 heteroatoms. The Labute approximate surface area is 167 Å². The van der Waals surface area contributed by atoms with Crippen LogP contribution >= 0.6 is 11.6 Å². The summed E-state index contributed by atoms with van der Waals surface area (Å²) < 4.78 is 16.1. The van der Waals surface area contributed by atoms with Crippen molar-refractivity contribution in [3.63, 3.8) is 0 Å². The molecule has 150 valence electrons. The Kier molecular flexibility index (Phi) is 7.34. The Morgan fingerprint density at radius 3 is 2.54 bits per heavy atom. The number of carboxylic acids is 1. The van der Waals surface area contributed by atoms with Crippen molar-refractivity contribution >= 4 is 29.2 Å². The number of halogens is 1. The molecule has 8 nitrogen and oxygen atoms in total. The Morgan fingerprint density at radius 1 is 1.18 bits per heavy atom. The second kappa shape index (κ2) is 9.70. The molecule has 0 heterocycles. The largest absolute Gasteiger partial charge is 0.495 e. The highest BCUT2D eigenvalue weighted by molar-refractivity contribution is 6.32. The number of anilines is 1. The highest BCUT2D eigenvalue weighted by Gasteiger charge is 2.15. The van der Waals surface area contributed by atoms with Gasteiger partial charge in [0.2, 0.25) is 0 Å². The van der Waals surface area contributed by atoms with E-state index in [4.69, 9.17) is 36.7 Å². The molecule has 0 atom stereocenters. The van der Waals surface area contributed by atoms with Crippen molar-refractivity contribution in [2.24, 2.45) is 5.73 Å². The van der Waals surface area contributed by atoms with Crippen LogP contribution in [-0.2, 0) is 11.3 Å². The van der Waals surface area contributed by atoms with E-state index in [0.29, 0.717) is 30.3 Å². The highest BCUT2D eigenvalue weighted by atomic mass is 35.5. The molecule has 0 aliphatic heterocycles. The summed E-state index contributed by atoms with van der Waals surface area (Å²) >= 11 is 6.27. The minimum absolute atomic E-state index is 0.131. The number of ether oxygens (including phenoxy) is 3. The lowest BCUT2D eigenvalue weighted by molar-refractivity contribution is -0.119. The molecule has 1 amide bonds. The smallest absolute Gasteiger partial charge is 0.335 e. The number of carboxylic acid groups (broad SMARTS) is 1. The maximum Gasteiger partial charge on any atom is 0.335 e. The molecule has 0 aromatic heterocycles. The van der Waals surface area contributed by atoms with E-state index < -0.39 is 11.9 Å². The van der Waals surface area contributed by atoms with Gasteiger partial charge in [0.15, 0.2) is 18.1 Å². The summed E-state index contributed by atoms with van der Waals surface area (Å²) in [6, 6.07) is 7.89. The zero-order valence-electron chi connectivity index (χ0n) is 15.5. The van der Waals surface area contributed by atoms with Gasteiger partial charge in [-0.3, -0.25) is 4.79 Å². The van der Waals surface area contributed by atoms with Crippen molar-refractivity contribution in [3.05, 3.63) is 46.5 Å². The predicted molar refractivity (Wildman–Crippen MR) is 105 cm³/mol. The third-order valence-electron chi connectivity index (χ3n) is 3.66. The molecule has 0 spiro atoms. The molecular weight excluding hydrogens is 388 g/mol. The number of aromatic carboxylic acids is 1. The Hall–Kier alpha value is -3.13. The first-order chi connectivity index (χ1) is 13.3. The van der Waals surface area contributed by atoms with Gasteiger partial charge in [0.1, 0.15) is 5.75 Å². The van der Waals surface area contributed by atoms with Crippen LogP contribution in [0, 0.1) is 0 Å². The van der Waals surface area contributed by atoms with Gasteiger partial charge >= 0.3 is 5.97 Å². The van der Waals surface area contributed by atoms with Crippen molar-refractivity contribution in [1.82, 2.24) is 0 Å². The van der Waals surface area contributed by atoms with Gasteiger partial charge in [-0.1, -0.05) is 11.6 Å². The van der Waals surface area contributed by atoms with E-state index >= 15 is 0 Å². The average molecular weight is 409 g/mol. The van der Waals surface area contributed by atoms with Crippen molar-refractivity contribution in [2.45, 2.75) is 13.5 Å². The zero-order chi connectivity index (χ0) is 20.7. The molecule has 0 radical (unpaired) electrons. The molecule has 4 N–H and O–H groups in total. The maximum atomic E-state index is 11.2. The number of carbonyl (C=O) groups is 2. The standard InChI is InChI=1S/C19H21ClN2O6/c1-3-27-16-7-11(6-13(20)18(16)28-10-17(21)23)9-22-14-8-12(19(24)25)4-5-15(14)26-2/h4-8,22H,3,9-10H2,1-2H3,(H2,21,23)(H,24,25). The lowest BCUT2D eigenvalue weighted by Gasteiger charge is -2.16. The topological polar surface area (TPSA) is 120 Å². The number of primary amides is 1. The van der Waals surface area contributed by atoms with Crippen LogP contribution < -0.4 is 25.3 Å². The lowest BCUT2D eigenvalue weighted by Crippen LogP contribution is -2.20. The van der Waals surface area contributed by atoms with Gasteiger partial charge in [0.25, 0.3) is 5.91 Å². The number of nitrogens with two attached hydrogens (primary N) is 1. The summed E-state index contributed by atoms with van der Waals surface area (Å²) in [5.74, 6) is -0.559. The maximum absolute atomic E-state index is 11.2. The molecule has 0 saturated heterocycles. The molecule has 2 aromatic rings. The van der Waals surface area contributed by atoms with Gasteiger partial charge in [0, 0.05) is 6.54 Å². The van der Waals surface area contributed by atoms with Crippen LogP contribution in [0.1, 0.15) is 22.8 Å². The van der Waals surface area contributed by atoms with Crippen molar-refractivity contribution in [3.8, 4) is 17.2 Å². The lowest BCUT2D eigenvalue weighted by atomic mass is 10.1. The molecule has 2 rings (SSSR count). The molecule has 0 unspecified atom stereocenters. The first-order valence-electron chi connectivity index (χ1n) is 8.37. The van der Waals surface area contributed by atoms with Gasteiger partial charge in [-0.25, -0.2) is 4.79 Å². The van der Waals surface area contributed by atoms with E-state index in [1.165, 1.54) is 19.2 Å². The van der Waals surface area contributed by atoms with Crippen molar-refractivity contribution < 1.29 is 28.9 Å². The van der Waals surface area contributed by atoms with Crippen molar-refractivity contribution in [2.75, 3.05) is 25.6 Å². The summed E-state index contributed by atoms with van der Waals surface area (Å²) in [6.07, 6.45) is 0. The third kappa shape index (κ3) is 5.43. The van der Waals surface area contributed by atoms with Gasteiger partial charge in [-0.2, -0.15) is 0 Å². The fourth-order valence-electron chi connectivity index (χ4n) is 2.45. The first-order valence-corrected chi connectivity index (χ1v) is 8.75. The Bertz CT molecular complexity index is 872. The summed E-state index contributed by atoms with van der Waals surface area (Å²) in [6.45, 7) is 2.17. The SMILES string of the molecule is CCOc1cc(CNc2cc(C(=O)O)ccc2OC)cc(Cl)c1OCC(N)=O. The minimum atomic E-state index is -1.04. The second-order valence-electron chi connectivity index (χ2n) is 5.67. The zero-order valence-corrected chi connectivity index (χ0v) is 16.2. The van der Waals surface area contributed by atoms with Gasteiger partial charge in [-0.15, -0.1) is 0 Å².